The van der Waals surface area contributed by atoms with Crippen LogP contribution in [0.5, 0.6) is 0 Å². The van der Waals surface area contributed by atoms with Gasteiger partial charge in [-0.3, -0.25) is 0 Å². The lowest BCUT2D eigenvalue weighted by Crippen LogP contribution is -2.25. The zero-order valence-corrected chi connectivity index (χ0v) is 11.7. The van der Waals surface area contributed by atoms with Gasteiger partial charge >= 0.3 is 0 Å². The summed E-state index contributed by atoms with van der Waals surface area (Å²) in [6.45, 7) is 0. The van der Waals surface area contributed by atoms with Crippen molar-refractivity contribution in [1.82, 2.24) is 0 Å². The fourth-order valence-corrected chi connectivity index (χ4v) is 2.97. The third kappa shape index (κ3) is 2.51. The number of pyridine rings is 1. The van der Waals surface area contributed by atoms with Gasteiger partial charge in [0, 0.05) is 12.1 Å². The molecular formula is C6H5Br3NO2S+. The molecule has 0 fully saturated rings. The van der Waals surface area contributed by atoms with E-state index in [1.807, 2.05) is 0 Å². The molecule has 0 aliphatic carbocycles. The van der Waals surface area contributed by atoms with E-state index in [0.29, 0.717) is 0 Å². The van der Waals surface area contributed by atoms with Gasteiger partial charge in [0.15, 0.2) is 6.20 Å². The molecular weight excluding hydrogens is 390 g/mol. The molecule has 0 saturated heterocycles. The Kier molecular flexibility index (Phi) is 3.54. The van der Waals surface area contributed by atoms with Gasteiger partial charge in [0.25, 0.3) is 14.9 Å². The normalized spacial score (nSPS) is 12.8. The van der Waals surface area contributed by atoms with Crippen LogP contribution < -0.4 is 4.98 Å². The maximum atomic E-state index is 11.7. The van der Waals surface area contributed by atoms with Crippen molar-refractivity contribution >= 4 is 57.6 Å². The van der Waals surface area contributed by atoms with Gasteiger partial charge in [0.05, 0.1) is 0 Å². The van der Waals surface area contributed by atoms with E-state index in [1.165, 1.54) is 6.07 Å². The van der Waals surface area contributed by atoms with Crippen molar-refractivity contribution in [3.63, 3.8) is 0 Å². The summed E-state index contributed by atoms with van der Waals surface area (Å²) in [5.74, 6) is 0. The van der Waals surface area contributed by atoms with Crippen LogP contribution in [0.1, 0.15) is 0 Å². The van der Waals surface area contributed by atoms with Crippen LogP contribution in [-0.4, -0.2) is 9.89 Å². The molecule has 1 heterocycles. The monoisotopic (exact) mass is 392 g/mol. The van der Waals surface area contributed by atoms with Crippen LogP contribution in [0.2, 0.25) is 0 Å². The molecule has 1 aromatic heterocycles. The SMILES string of the molecule is O=S(=O)(c1cccc[nH+]1)C(Br)(Br)Br. The van der Waals surface area contributed by atoms with Gasteiger partial charge in [-0.15, -0.1) is 0 Å². The molecule has 0 radical (unpaired) electrons. The van der Waals surface area contributed by atoms with Crippen molar-refractivity contribution in [3.8, 4) is 0 Å². The second-order valence-corrected chi connectivity index (χ2v) is 12.6. The lowest BCUT2D eigenvalue weighted by Gasteiger charge is -2.08. The van der Waals surface area contributed by atoms with Gasteiger partial charge in [-0.2, -0.15) is 0 Å². The smallest absolute Gasteiger partial charge is 0.214 e. The van der Waals surface area contributed by atoms with E-state index in [-0.39, 0.29) is 5.03 Å². The number of aromatic amines is 1. The number of rotatable bonds is 1. The largest absolute Gasteiger partial charge is 0.299 e. The molecule has 3 nitrogen and oxygen atoms in total. The van der Waals surface area contributed by atoms with Crippen molar-refractivity contribution in [2.24, 2.45) is 0 Å². The lowest BCUT2D eigenvalue weighted by atomic mass is 10.5. The average molecular weight is 395 g/mol. The number of H-pyrrole nitrogens is 1. The van der Waals surface area contributed by atoms with Gasteiger partial charge in [-0.05, 0) is 53.9 Å². The number of alkyl halides is 3. The standard InChI is InChI=1S/C6H4Br3NO2S/c7-6(8,9)13(11,12)5-3-1-2-4-10-5/h1-4H/p+1. The zero-order chi connectivity index (χ0) is 10.1. The van der Waals surface area contributed by atoms with Crippen molar-refractivity contribution in [2.45, 2.75) is 6.50 Å². The first kappa shape index (κ1) is 11.6. The maximum Gasteiger partial charge on any atom is 0.299 e. The molecule has 0 aliphatic rings. The topological polar surface area (TPSA) is 48.3 Å². The summed E-state index contributed by atoms with van der Waals surface area (Å²) in [7, 11) is -3.48. The van der Waals surface area contributed by atoms with E-state index in [2.05, 4.69) is 52.8 Å². The molecule has 0 bridgehead atoms. The molecule has 13 heavy (non-hydrogen) atoms. The highest BCUT2D eigenvalue weighted by atomic mass is 80.0. The van der Waals surface area contributed by atoms with Gasteiger partial charge in [-0.25, -0.2) is 13.4 Å². The second-order valence-electron chi connectivity index (χ2n) is 2.18. The summed E-state index contributed by atoms with van der Waals surface area (Å²) in [5.41, 5.74) is 0. The Labute approximate surface area is 101 Å². The number of sulfone groups is 1. The minimum absolute atomic E-state index is 0.126. The Bertz CT molecular complexity index is 384. The summed E-state index contributed by atoms with van der Waals surface area (Å²) in [6, 6.07) is 4.83. The number of hydrogen-bond acceptors (Lipinski definition) is 2. The highest BCUT2D eigenvalue weighted by Gasteiger charge is 2.41. The highest BCUT2D eigenvalue weighted by molar-refractivity contribution is 9.42. The fraction of sp³-hybridized carbons (Fsp3) is 0.167. The Morgan fingerprint density at radius 1 is 1.23 bits per heavy atom. The van der Waals surface area contributed by atoms with E-state index in [4.69, 9.17) is 0 Å². The zero-order valence-electron chi connectivity index (χ0n) is 6.17. The van der Waals surface area contributed by atoms with Gasteiger partial charge in [0.2, 0.25) is 1.47 Å². The summed E-state index contributed by atoms with van der Waals surface area (Å²) in [5, 5.41) is 0.126. The number of aromatic nitrogens is 1. The van der Waals surface area contributed by atoms with Gasteiger partial charge in [0.1, 0.15) is 0 Å². The highest BCUT2D eigenvalue weighted by Crippen LogP contribution is 2.41. The third-order valence-corrected chi connectivity index (χ3v) is 6.55. The summed E-state index contributed by atoms with van der Waals surface area (Å²) in [6.07, 6.45) is 1.55. The fourth-order valence-electron chi connectivity index (χ4n) is 0.669. The van der Waals surface area contributed by atoms with E-state index in [1.54, 1.807) is 18.3 Å². The van der Waals surface area contributed by atoms with Crippen LogP contribution >= 0.6 is 47.8 Å². The number of halogens is 3. The minimum Gasteiger partial charge on any atom is -0.214 e. The van der Waals surface area contributed by atoms with E-state index >= 15 is 0 Å². The maximum absolute atomic E-state index is 11.7. The molecule has 72 valence electrons. The van der Waals surface area contributed by atoms with Crippen LogP contribution in [0.25, 0.3) is 0 Å². The molecule has 0 saturated carbocycles. The second kappa shape index (κ2) is 3.96. The molecule has 1 rings (SSSR count). The van der Waals surface area contributed by atoms with Crippen LogP contribution in [0.4, 0.5) is 0 Å². The van der Waals surface area contributed by atoms with Crippen LogP contribution in [0, 0.1) is 0 Å². The van der Waals surface area contributed by atoms with Crippen molar-refractivity contribution in [3.05, 3.63) is 24.4 Å². The lowest BCUT2D eigenvalue weighted by molar-refractivity contribution is -0.428. The Balaban J connectivity index is 3.26. The van der Waals surface area contributed by atoms with Crippen molar-refractivity contribution < 1.29 is 13.4 Å². The molecule has 1 N–H and O–H groups in total. The average Bonchev–Trinajstić information content (AvgIpc) is 2.04. The van der Waals surface area contributed by atoms with Crippen LogP contribution in [0.15, 0.2) is 29.4 Å². The molecule has 0 unspecified atom stereocenters. The van der Waals surface area contributed by atoms with E-state index in [9.17, 15) is 8.42 Å². The molecule has 0 spiro atoms. The first-order valence-electron chi connectivity index (χ1n) is 3.14. The predicted octanol–water partition coefficient (Wildman–Crippen LogP) is 2.07. The minimum atomic E-state index is -3.48. The quantitative estimate of drug-likeness (QED) is 0.685. The van der Waals surface area contributed by atoms with E-state index < -0.39 is 11.3 Å². The molecule has 7 heteroatoms. The summed E-state index contributed by atoms with van der Waals surface area (Å²) < 4.78 is 22.0. The van der Waals surface area contributed by atoms with Crippen molar-refractivity contribution in [2.75, 3.05) is 0 Å². The molecule has 0 aromatic carbocycles. The first-order chi connectivity index (χ1) is 5.86. The Hall–Kier alpha value is 0.540. The van der Waals surface area contributed by atoms with Crippen LogP contribution in [-0.2, 0) is 9.84 Å². The Morgan fingerprint density at radius 2 is 1.85 bits per heavy atom. The van der Waals surface area contributed by atoms with Crippen molar-refractivity contribution in [1.29, 1.82) is 0 Å². The van der Waals surface area contributed by atoms with Gasteiger partial charge in [-0.1, -0.05) is 0 Å². The van der Waals surface area contributed by atoms with E-state index in [0.717, 1.165) is 0 Å². The molecule has 0 atom stereocenters. The third-order valence-electron chi connectivity index (χ3n) is 1.27. The van der Waals surface area contributed by atoms with Crippen LogP contribution in [0.3, 0.4) is 0 Å². The Morgan fingerprint density at radius 3 is 2.23 bits per heavy atom. The molecule has 0 aliphatic heterocycles. The van der Waals surface area contributed by atoms with Gasteiger partial charge < -0.3 is 0 Å². The number of hydrogen-bond donors (Lipinski definition) is 0. The molecule has 1 aromatic rings. The summed E-state index contributed by atoms with van der Waals surface area (Å²) >= 11 is 8.89. The molecule has 0 amide bonds. The summed E-state index contributed by atoms with van der Waals surface area (Å²) in [4.78, 5) is 2.64. The number of nitrogens with one attached hydrogen (secondary N) is 1. The predicted molar refractivity (Wildman–Crippen MR) is 59.7 cm³/mol. The first-order valence-corrected chi connectivity index (χ1v) is 7.00.